The summed E-state index contributed by atoms with van der Waals surface area (Å²) in [6, 6.07) is 8.01. The predicted octanol–water partition coefficient (Wildman–Crippen LogP) is 2.33. The van der Waals surface area contributed by atoms with Crippen LogP contribution in [0.5, 0.6) is 0 Å². The van der Waals surface area contributed by atoms with Crippen molar-refractivity contribution in [1.82, 2.24) is 14.7 Å². The topological polar surface area (TPSA) is 26.8 Å². The average Bonchev–Trinajstić information content (AvgIpc) is 2.63. The summed E-state index contributed by atoms with van der Waals surface area (Å²) in [5.74, 6) is 3.20. The van der Waals surface area contributed by atoms with E-state index in [1.54, 1.807) is 0 Å². The van der Waals surface area contributed by atoms with Crippen LogP contribution in [0.4, 0.5) is 0 Å². The van der Waals surface area contributed by atoms with Crippen molar-refractivity contribution >= 4 is 17.5 Å². The van der Waals surface area contributed by atoms with Gasteiger partial charge in [0.15, 0.2) is 0 Å². The number of likely N-dealkylation sites (tertiary alicyclic amines) is 1. The number of benzene rings is 1. The highest BCUT2D eigenvalue weighted by Crippen LogP contribution is 2.21. The molecule has 0 radical (unpaired) electrons. The van der Waals surface area contributed by atoms with Crippen LogP contribution in [-0.2, 0) is 11.3 Å². The van der Waals surface area contributed by atoms with Gasteiger partial charge in [-0.25, -0.2) is 0 Å². The Morgan fingerprint density at radius 1 is 1.12 bits per heavy atom. The number of halogens is 1. The summed E-state index contributed by atoms with van der Waals surface area (Å²) in [4.78, 5) is 19.5. The monoisotopic (exact) mass is 359 g/mol. The molecule has 1 amide bonds. The number of hydrogen-bond donors (Lipinski definition) is 0. The molecule has 2 saturated heterocycles. The van der Waals surface area contributed by atoms with Crippen molar-refractivity contribution in [2.24, 2.45) is 5.92 Å². The van der Waals surface area contributed by atoms with E-state index in [-0.39, 0.29) is 5.92 Å². The molecule has 0 saturated carbocycles. The van der Waals surface area contributed by atoms with Crippen molar-refractivity contribution in [3.63, 3.8) is 0 Å². The smallest absolute Gasteiger partial charge is 0.225 e. The molecule has 1 aromatic rings. The molecule has 3 rings (SSSR count). The zero-order chi connectivity index (χ0) is 17.6. The van der Waals surface area contributed by atoms with E-state index in [1.807, 2.05) is 18.2 Å². The summed E-state index contributed by atoms with van der Waals surface area (Å²) >= 11 is 6.06. The number of piperazine rings is 1. The molecule has 4 nitrogen and oxygen atoms in total. The first-order valence-corrected chi connectivity index (χ1v) is 9.45. The molecule has 0 atom stereocenters. The molecule has 0 unspecified atom stereocenters. The molecule has 0 N–H and O–H groups in total. The first kappa shape index (κ1) is 18.3. The van der Waals surface area contributed by atoms with Gasteiger partial charge in [-0.15, -0.1) is 6.42 Å². The molecule has 1 aromatic carbocycles. The quantitative estimate of drug-likeness (QED) is 0.772. The lowest BCUT2D eigenvalue weighted by atomic mass is 9.95. The number of carbonyl (C=O) groups excluding carboxylic acids is 1. The molecule has 0 bridgehead atoms. The third kappa shape index (κ3) is 4.98. The van der Waals surface area contributed by atoms with Crippen LogP contribution in [0.1, 0.15) is 18.4 Å². The zero-order valence-corrected chi connectivity index (χ0v) is 15.4. The van der Waals surface area contributed by atoms with Gasteiger partial charge in [-0.1, -0.05) is 29.7 Å². The maximum absolute atomic E-state index is 12.8. The Labute approximate surface area is 155 Å². The molecular formula is C20H26ClN3O. The van der Waals surface area contributed by atoms with E-state index in [0.717, 1.165) is 63.7 Å². The summed E-state index contributed by atoms with van der Waals surface area (Å²) in [7, 11) is 0. The van der Waals surface area contributed by atoms with Crippen molar-refractivity contribution in [2.75, 3.05) is 45.8 Å². The van der Waals surface area contributed by atoms with E-state index in [0.29, 0.717) is 12.5 Å². The van der Waals surface area contributed by atoms with Gasteiger partial charge in [-0.05, 0) is 43.6 Å². The third-order valence-corrected chi connectivity index (χ3v) is 5.47. The summed E-state index contributed by atoms with van der Waals surface area (Å²) in [5.41, 5.74) is 1.23. The van der Waals surface area contributed by atoms with E-state index in [2.05, 4.69) is 26.7 Å². The Morgan fingerprint density at radius 3 is 2.48 bits per heavy atom. The zero-order valence-electron chi connectivity index (χ0n) is 14.7. The lowest BCUT2D eigenvalue weighted by Gasteiger charge is -2.38. The van der Waals surface area contributed by atoms with Crippen molar-refractivity contribution in [3.8, 4) is 12.3 Å². The highest BCUT2D eigenvalue weighted by Gasteiger charge is 2.30. The fraction of sp³-hybridized carbons (Fsp3) is 0.550. The van der Waals surface area contributed by atoms with Gasteiger partial charge in [0.25, 0.3) is 0 Å². The lowest BCUT2D eigenvalue weighted by molar-refractivity contribution is -0.138. The molecule has 2 fully saturated rings. The summed E-state index contributed by atoms with van der Waals surface area (Å²) in [6.07, 6.45) is 7.24. The maximum Gasteiger partial charge on any atom is 0.225 e. The molecular weight excluding hydrogens is 334 g/mol. The van der Waals surface area contributed by atoms with Crippen molar-refractivity contribution in [2.45, 2.75) is 19.4 Å². The van der Waals surface area contributed by atoms with Gasteiger partial charge in [0.1, 0.15) is 0 Å². The molecule has 5 heteroatoms. The highest BCUT2D eigenvalue weighted by molar-refractivity contribution is 6.30. The summed E-state index contributed by atoms with van der Waals surface area (Å²) in [6.45, 7) is 6.97. The molecule has 134 valence electrons. The van der Waals surface area contributed by atoms with E-state index >= 15 is 0 Å². The minimum absolute atomic E-state index is 0.175. The minimum Gasteiger partial charge on any atom is -0.340 e. The van der Waals surface area contributed by atoms with E-state index in [9.17, 15) is 4.79 Å². The molecule has 2 aliphatic rings. The van der Waals surface area contributed by atoms with Gasteiger partial charge in [0, 0.05) is 43.7 Å². The van der Waals surface area contributed by atoms with E-state index < -0.39 is 0 Å². The number of rotatable bonds is 4. The fourth-order valence-corrected chi connectivity index (χ4v) is 3.96. The Bertz CT molecular complexity index is 626. The first-order chi connectivity index (χ1) is 12.2. The third-order valence-electron chi connectivity index (χ3n) is 5.23. The summed E-state index contributed by atoms with van der Waals surface area (Å²) < 4.78 is 0. The van der Waals surface area contributed by atoms with Crippen LogP contribution in [0, 0.1) is 18.3 Å². The van der Waals surface area contributed by atoms with Gasteiger partial charge >= 0.3 is 0 Å². The Morgan fingerprint density at radius 2 is 1.84 bits per heavy atom. The number of nitrogens with zero attached hydrogens (tertiary/aromatic N) is 3. The van der Waals surface area contributed by atoms with E-state index in [4.69, 9.17) is 18.0 Å². The number of hydrogen-bond acceptors (Lipinski definition) is 3. The number of piperidine rings is 1. The van der Waals surface area contributed by atoms with Crippen LogP contribution >= 0.6 is 11.6 Å². The van der Waals surface area contributed by atoms with Gasteiger partial charge in [0.2, 0.25) is 5.91 Å². The first-order valence-electron chi connectivity index (χ1n) is 9.07. The van der Waals surface area contributed by atoms with Crippen molar-refractivity contribution < 1.29 is 4.79 Å². The minimum atomic E-state index is 0.175. The van der Waals surface area contributed by atoms with Crippen molar-refractivity contribution in [3.05, 3.63) is 34.9 Å². The number of amides is 1. The van der Waals surface area contributed by atoms with Gasteiger partial charge < -0.3 is 4.90 Å². The molecule has 2 aliphatic heterocycles. The number of carbonyl (C=O) groups is 1. The standard InChI is InChI=1S/C20H26ClN3O/c1-2-8-22-9-6-18(7-10-22)20(25)24-13-11-23(12-14-24)16-17-4-3-5-19(21)15-17/h1,3-5,15,18H,6-14,16H2. The Balaban J connectivity index is 1.44. The molecule has 0 spiro atoms. The normalized spacial score (nSPS) is 20.4. The molecule has 25 heavy (non-hydrogen) atoms. The van der Waals surface area contributed by atoms with Crippen LogP contribution in [0.3, 0.4) is 0 Å². The second-order valence-electron chi connectivity index (χ2n) is 6.99. The van der Waals surface area contributed by atoms with Crippen LogP contribution in [0.25, 0.3) is 0 Å². The van der Waals surface area contributed by atoms with Crippen LogP contribution in [0.15, 0.2) is 24.3 Å². The van der Waals surface area contributed by atoms with Crippen LogP contribution in [-0.4, -0.2) is 66.4 Å². The maximum atomic E-state index is 12.8. The Hall–Kier alpha value is -1.54. The second kappa shape index (κ2) is 8.71. The van der Waals surface area contributed by atoms with Gasteiger partial charge in [-0.2, -0.15) is 0 Å². The van der Waals surface area contributed by atoms with Gasteiger partial charge in [-0.3, -0.25) is 14.6 Å². The van der Waals surface area contributed by atoms with Crippen LogP contribution < -0.4 is 0 Å². The average molecular weight is 360 g/mol. The lowest BCUT2D eigenvalue weighted by Crippen LogP contribution is -2.51. The van der Waals surface area contributed by atoms with E-state index in [1.165, 1.54) is 5.56 Å². The molecule has 0 aromatic heterocycles. The fourth-order valence-electron chi connectivity index (χ4n) is 3.75. The highest BCUT2D eigenvalue weighted by atomic mass is 35.5. The van der Waals surface area contributed by atoms with Crippen molar-refractivity contribution in [1.29, 1.82) is 0 Å². The predicted molar refractivity (Wildman–Crippen MR) is 101 cm³/mol. The number of terminal acetylenes is 1. The summed E-state index contributed by atoms with van der Waals surface area (Å²) in [5, 5.41) is 0.780. The molecule has 2 heterocycles. The largest absolute Gasteiger partial charge is 0.340 e. The molecule has 0 aliphatic carbocycles. The SMILES string of the molecule is C#CCN1CCC(C(=O)N2CCN(Cc3cccc(Cl)c3)CC2)CC1. The second-order valence-corrected chi connectivity index (χ2v) is 7.42. The van der Waals surface area contributed by atoms with Gasteiger partial charge in [0.05, 0.1) is 6.54 Å². The van der Waals surface area contributed by atoms with Crippen LogP contribution in [0.2, 0.25) is 5.02 Å². The Kier molecular flexibility index (Phi) is 6.36.